The van der Waals surface area contributed by atoms with Crippen molar-refractivity contribution < 1.29 is 88.9 Å². The first-order valence-electron chi connectivity index (χ1n) is 35.0. The Bertz CT molecular complexity index is 3880. The first-order valence-corrected chi connectivity index (χ1v) is 35.4. The molecule has 103 heavy (non-hydrogen) atoms. The largest absolute Gasteiger partial charge is 0.545 e. The van der Waals surface area contributed by atoms with Crippen molar-refractivity contribution in [3.8, 4) is 34.5 Å². The van der Waals surface area contributed by atoms with Gasteiger partial charge in [0.1, 0.15) is 130 Å². The van der Waals surface area contributed by atoms with E-state index in [1.165, 1.54) is 71.8 Å². The Morgan fingerprint density at radius 2 is 0.699 bits per heavy atom. The number of hydrogen-bond donors (Lipinski definition) is 6. The van der Waals surface area contributed by atoms with Crippen molar-refractivity contribution in [3.05, 3.63) is 249 Å². The van der Waals surface area contributed by atoms with Crippen LogP contribution in [0.15, 0.2) is 170 Å². The Labute approximate surface area is 598 Å². The summed E-state index contributed by atoms with van der Waals surface area (Å²) in [6, 6.07) is 47.1. The van der Waals surface area contributed by atoms with Gasteiger partial charge in [0.05, 0.1) is 13.2 Å². The second kappa shape index (κ2) is 37.5. The number of epoxide rings is 2. The zero-order valence-corrected chi connectivity index (χ0v) is 58.0. The summed E-state index contributed by atoms with van der Waals surface area (Å²) < 4.78 is 128. The van der Waals surface area contributed by atoms with Crippen LogP contribution in [0.3, 0.4) is 0 Å². The van der Waals surface area contributed by atoms with E-state index >= 15 is 0 Å². The van der Waals surface area contributed by atoms with Gasteiger partial charge in [-0.2, -0.15) is 0 Å². The number of aliphatic hydroxyl groups excluding tert-OH is 3. The number of carbonyl (C=O) groups excluding carboxylic acids is 1. The van der Waals surface area contributed by atoms with Crippen molar-refractivity contribution in [2.45, 2.75) is 163 Å². The second-order valence-electron chi connectivity index (χ2n) is 26.3. The van der Waals surface area contributed by atoms with E-state index in [1.54, 1.807) is 54.8 Å². The van der Waals surface area contributed by atoms with E-state index in [2.05, 4.69) is 10.6 Å². The molecular formula is C80H87F6N3O13P+. The fraction of sp³-hybridized carbons (Fsp3) is 0.388. The van der Waals surface area contributed by atoms with Crippen LogP contribution in [0.5, 0.6) is 34.5 Å². The average molecular weight is 1440 g/mol. The smallest absolute Gasteiger partial charge is 0.487 e. The molecule has 0 aliphatic carbocycles. The van der Waals surface area contributed by atoms with E-state index in [0.717, 1.165) is 90.2 Å². The summed E-state index contributed by atoms with van der Waals surface area (Å²) in [5, 5.41) is 37.4. The highest BCUT2D eigenvalue weighted by Gasteiger charge is 2.40. The van der Waals surface area contributed by atoms with Crippen molar-refractivity contribution in [2.24, 2.45) is 5.73 Å². The minimum absolute atomic E-state index is 0.174. The Morgan fingerprint density at radius 1 is 0.408 bits per heavy atom. The third kappa shape index (κ3) is 22.4. The SMILES string of the molecule is Fc1ccc2c(c1)CC[C@@H]([C@H]1CO1)O2.Fc1ccc2c(c1)CC[C@H]([C@H]1CO1)O2.NCc1ccccc1.O=[C+][C@@H](OP)[C@@H]1CCc2cc(F)ccc2O1.O[C@H](CNC[C@@H](O)[C@H]1CCc2cc(F)ccc2O1)[C@@H]1CCc2cc(F)ccc2O1.O[C@H](CNCc1ccccc1)[C@H]1CCc2cc(F)ccc2O1. The molecular weight excluding hydrogens is 1360 g/mol. The number of nitrogens with one attached hydrogen (secondary N) is 2. The molecule has 16 rings (SSSR count). The van der Waals surface area contributed by atoms with Crippen molar-refractivity contribution in [3.63, 3.8) is 0 Å². The Hall–Kier alpha value is -8.21. The van der Waals surface area contributed by atoms with E-state index in [-0.39, 0.29) is 96.8 Å². The summed E-state index contributed by atoms with van der Waals surface area (Å²) >= 11 is 0. The lowest BCUT2D eigenvalue weighted by Gasteiger charge is -2.31. The number of fused-ring (bicyclic) bond motifs is 6. The molecule has 0 aromatic heterocycles. The molecule has 7 N–H and O–H groups in total. The lowest BCUT2D eigenvalue weighted by molar-refractivity contribution is 0.00892. The van der Waals surface area contributed by atoms with E-state index in [4.69, 9.17) is 48.2 Å². The number of hydrogen-bond acceptors (Lipinski definition) is 16. The number of ether oxygens (including phenoxy) is 8. The minimum atomic E-state index is -0.753. The van der Waals surface area contributed by atoms with E-state index in [0.29, 0.717) is 87.6 Å². The van der Waals surface area contributed by atoms with Crippen LogP contribution in [0, 0.1) is 34.9 Å². The molecule has 8 aromatic carbocycles. The summed E-state index contributed by atoms with van der Waals surface area (Å²) in [6.07, 6.45) is 7.32. The zero-order chi connectivity index (χ0) is 72.2. The predicted octanol–water partition coefficient (Wildman–Crippen LogP) is 11.8. The topological polar surface area (TPSA) is 218 Å². The highest BCUT2D eigenvalue weighted by molar-refractivity contribution is 7.09. The second-order valence-corrected chi connectivity index (χ2v) is 26.5. The van der Waals surface area contributed by atoms with Crippen LogP contribution in [-0.2, 0) is 70.4 Å². The molecule has 0 saturated carbocycles. The lowest BCUT2D eigenvalue weighted by atomic mass is 9.98. The molecule has 23 heteroatoms. The molecule has 8 heterocycles. The van der Waals surface area contributed by atoms with Gasteiger partial charge in [0.15, 0.2) is 6.10 Å². The number of halogens is 6. The van der Waals surface area contributed by atoms with Gasteiger partial charge in [-0.1, -0.05) is 60.7 Å². The minimum Gasteiger partial charge on any atom is -0.487 e. The maximum atomic E-state index is 13.3. The molecule has 13 atom stereocenters. The molecule has 8 aromatic rings. The number of benzene rings is 8. The van der Waals surface area contributed by atoms with Crippen LogP contribution < -0.4 is 44.8 Å². The molecule has 8 aliphatic heterocycles. The molecule has 1 unspecified atom stereocenters. The van der Waals surface area contributed by atoms with Gasteiger partial charge in [0.2, 0.25) is 0 Å². The average Bonchev–Trinajstić information content (AvgIpc) is 1.82. The highest BCUT2D eigenvalue weighted by atomic mass is 31.0. The van der Waals surface area contributed by atoms with E-state index < -0.39 is 24.4 Å². The van der Waals surface area contributed by atoms with Crippen LogP contribution >= 0.6 is 9.47 Å². The summed E-state index contributed by atoms with van der Waals surface area (Å²) in [6.45, 7) is 3.95. The van der Waals surface area contributed by atoms with Crippen LogP contribution in [0.1, 0.15) is 83.0 Å². The standard InChI is InChI=1S/C22H25F2NO4.C18H20FNO2.C11H11FO3P.2C11H11FO2.C7H9N/c23-15-3-7-19-13(9-15)1-5-21(28-19)17(26)11-25-12-18(27)22-6-2-14-10-16(24)4-8-20(14)29-22;19-15-7-9-17-14(10-15)6-8-18(22-17)16(21)12-20-11-13-4-2-1-3-5-13;12-8-2-4-9-7(5-8)1-3-10(14-9)11(6-13)15-16;2*12-8-2-4-9-7(5-8)1-3-10(14-9)11-6-13-11;8-6-7-4-2-1-3-5-7/h3-4,7-10,17-18,21-22,25-27H,1-2,5-6,11-12H2;1-5,7,9-10,16,18,20-21H,6,8,11-12H2;2,4-5,10-11H,1,3,16H2;2*2,4-5,10-11H,1,3,6H2;1-5H,6,8H2/q;;+1;;;/t17-,18-,21-,22+;16-,18-;2*10-,11+;10-,11-;/m11001./s1. The number of aliphatic hydroxyl groups is 3. The Kier molecular flexibility index (Phi) is 27.6. The van der Waals surface area contributed by atoms with Crippen molar-refractivity contribution in [1.29, 1.82) is 0 Å². The lowest BCUT2D eigenvalue weighted by Crippen LogP contribution is -2.46. The van der Waals surface area contributed by atoms with Gasteiger partial charge < -0.3 is 74.1 Å². The summed E-state index contributed by atoms with van der Waals surface area (Å²) in [7, 11) is 2.03. The molecule has 546 valence electrons. The molecule has 16 nitrogen and oxygen atoms in total. The maximum absolute atomic E-state index is 13.3. The van der Waals surface area contributed by atoms with Crippen LogP contribution in [-0.4, -0.2) is 128 Å². The predicted molar refractivity (Wildman–Crippen MR) is 378 cm³/mol. The van der Waals surface area contributed by atoms with Crippen LogP contribution in [0.4, 0.5) is 26.3 Å². The molecule has 2 fully saturated rings. The van der Waals surface area contributed by atoms with Gasteiger partial charge in [0.25, 0.3) is 0 Å². The normalized spacial score (nSPS) is 22.1. The first kappa shape index (κ1) is 75.9. The van der Waals surface area contributed by atoms with Gasteiger partial charge in [-0.3, -0.25) is 0 Å². The monoisotopic (exact) mass is 1440 g/mol. The van der Waals surface area contributed by atoms with Gasteiger partial charge in [-0.15, -0.1) is 0 Å². The van der Waals surface area contributed by atoms with Gasteiger partial charge in [0, 0.05) is 47.0 Å². The molecule has 0 amide bonds. The summed E-state index contributed by atoms with van der Waals surface area (Å²) in [5.74, 6) is 2.66. The third-order valence-corrected chi connectivity index (χ3v) is 19.0. The summed E-state index contributed by atoms with van der Waals surface area (Å²) in [4.78, 5) is 10.6. The Morgan fingerprint density at radius 3 is 1.00 bits per heavy atom. The van der Waals surface area contributed by atoms with Gasteiger partial charge >= 0.3 is 12.4 Å². The number of nitrogens with two attached hydrogens (primary N) is 1. The molecule has 2 saturated heterocycles. The van der Waals surface area contributed by atoms with Crippen molar-refractivity contribution in [1.82, 2.24) is 10.6 Å². The number of rotatable bonds is 17. The number of aryl methyl sites for hydroxylation is 6. The fourth-order valence-corrected chi connectivity index (χ4v) is 13.1. The van der Waals surface area contributed by atoms with E-state index in [9.17, 15) is 46.5 Å². The van der Waals surface area contributed by atoms with Crippen LogP contribution in [0.2, 0.25) is 0 Å². The zero-order valence-electron chi connectivity index (χ0n) is 56.9. The van der Waals surface area contributed by atoms with Gasteiger partial charge in [-0.05, 0) is 231 Å². The molecule has 0 bridgehead atoms. The highest BCUT2D eigenvalue weighted by Crippen LogP contribution is 2.37. The maximum Gasteiger partial charge on any atom is 0.545 e. The van der Waals surface area contributed by atoms with E-state index in [1.807, 2.05) is 70.1 Å². The molecule has 0 spiro atoms. The fourth-order valence-electron chi connectivity index (χ4n) is 12.9. The summed E-state index contributed by atoms with van der Waals surface area (Å²) in [5.41, 5.74) is 13.0. The molecule has 8 aliphatic rings. The van der Waals surface area contributed by atoms with Crippen LogP contribution in [0.25, 0.3) is 0 Å². The molecule has 0 radical (unpaired) electrons. The van der Waals surface area contributed by atoms with Crippen molar-refractivity contribution >= 4 is 15.8 Å². The Balaban J connectivity index is 0.000000129. The third-order valence-electron chi connectivity index (χ3n) is 18.7. The first-order chi connectivity index (χ1) is 50.0. The quantitative estimate of drug-likeness (QED) is 0.0216. The van der Waals surface area contributed by atoms with Gasteiger partial charge in [-0.25, -0.2) is 26.3 Å². The van der Waals surface area contributed by atoms with Crippen molar-refractivity contribution in [2.75, 3.05) is 32.8 Å².